The Hall–Kier alpha value is -6.12. The summed E-state index contributed by atoms with van der Waals surface area (Å²) in [7, 11) is 0. The van der Waals surface area contributed by atoms with Gasteiger partial charge in [0.2, 0.25) is 0 Å². The normalized spacial score (nSPS) is 10.9. The number of benzene rings is 8. The number of fused-ring (bicyclic) bond motifs is 2. The van der Waals surface area contributed by atoms with Crippen LogP contribution in [0.3, 0.4) is 0 Å². The predicted molar refractivity (Wildman–Crippen MR) is 226 cm³/mol. The molecule has 0 heterocycles. The standard InChI is InChI=1S/C36H31N.C14H15N/c1-24-13-17-29(18-14-24)37(30-19-15-25(2)16-20-30)36-27(4)23-35(32-11-7-8-12-33(32)36)34-22-26(3)21-28-9-5-6-10-31(28)34;1-11-3-7-13(8-4-11)15-14-9-5-12(2)6-10-14/h5-23H,1-4H3;3-10,15H,1-2H3. The first-order valence-electron chi connectivity index (χ1n) is 18.1. The Bertz CT molecular complexity index is 2370. The highest BCUT2D eigenvalue weighted by atomic mass is 15.1. The first kappa shape index (κ1) is 34.3. The van der Waals surface area contributed by atoms with Gasteiger partial charge in [-0.3, -0.25) is 0 Å². The second-order valence-corrected chi connectivity index (χ2v) is 14.0. The molecule has 0 atom stereocenters. The van der Waals surface area contributed by atoms with Gasteiger partial charge in [0.05, 0.1) is 5.69 Å². The van der Waals surface area contributed by atoms with E-state index in [-0.39, 0.29) is 0 Å². The third kappa shape index (κ3) is 7.48. The summed E-state index contributed by atoms with van der Waals surface area (Å²) in [4.78, 5) is 2.41. The SMILES string of the molecule is Cc1ccc(N(c2ccc(C)cc2)c2c(C)cc(-c3cc(C)cc4ccccc34)c3ccccc23)cc1.Cc1ccc(Nc2ccc(C)cc2)cc1. The van der Waals surface area contributed by atoms with Crippen molar-refractivity contribution in [1.29, 1.82) is 0 Å². The van der Waals surface area contributed by atoms with Gasteiger partial charge in [0.1, 0.15) is 0 Å². The molecular formula is C50H46N2. The summed E-state index contributed by atoms with van der Waals surface area (Å²) in [6.07, 6.45) is 0. The van der Waals surface area contributed by atoms with Crippen molar-refractivity contribution in [3.63, 3.8) is 0 Å². The number of nitrogens with zero attached hydrogens (tertiary/aromatic N) is 1. The summed E-state index contributed by atoms with van der Waals surface area (Å²) in [6, 6.07) is 59.1. The second kappa shape index (κ2) is 15.0. The van der Waals surface area contributed by atoms with Crippen LogP contribution in [-0.2, 0) is 0 Å². The Labute approximate surface area is 309 Å². The van der Waals surface area contributed by atoms with Crippen molar-refractivity contribution in [3.8, 4) is 11.1 Å². The molecule has 0 aromatic heterocycles. The van der Waals surface area contributed by atoms with Crippen molar-refractivity contribution in [1.82, 2.24) is 0 Å². The molecular weight excluding hydrogens is 629 g/mol. The van der Waals surface area contributed by atoms with Crippen molar-refractivity contribution in [2.45, 2.75) is 41.5 Å². The van der Waals surface area contributed by atoms with Crippen molar-refractivity contribution in [3.05, 3.63) is 197 Å². The highest BCUT2D eigenvalue weighted by Gasteiger charge is 2.20. The van der Waals surface area contributed by atoms with Crippen LogP contribution in [0.25, 0.3) is 32.7 Å². The molecule has 0 bridgehead atoms. The molecule has 1 N–H and O–H groups in total. The van der Waals surface area contributed by atoms with Crippen LogP contribution in [0.15, 0.2) is 164 Å². The summed E-state index contributed by atoms with van der Waals surface area (Å²) >= 11 is 0. The molecule has 0 fully saturated rings. The third-order valence-electron chi connectivity index (χ3n) is 9.70. The van der Waals surface area contributed by atoms with Gasteiger partial charge in [-0.15, -0.1) is 0 Å². The Morgan fingerprint density at radius 1 is 0.365 bits per heavy atom. The predicted octanol–water partition coefficient (Wildman–Crippen LogP) is 14.4. The Kier molecular flexibility index (Phi) is 9.91. The van der Waals surface area contributed by atoms with Crippen molar-refractivity contribution >= 4 is 50.0 Å². The van der Waals surface area contributed by atoms with E-state index in [2.05, 4.69) is 216 Å². The number of hydrogen-bond acceptors (Lipinski definition) is 2. The fourth-order valence-corrected chi connectivity index (χ4v) is 6.94. The van der Waals surface area contributed by atoms with Crippen LogP contribution < -0.4 is 10.2 Å². The zero-order chi connectivity index (χ0) is 36.2. The van der Waals surface area contributed by atoms with Gasteiger partial charge in [-0.25, -0.2) is 0 Å². The molecule has 0 amide bonds. The summed E-state index contributed by atoms with van der Waals surface area (Å²) in [5, 5.41) is 8.45. The largest absolute Gasteiger partial charge is 0.356 e. The van der Waals surface area contributed by atoms with Crippen LogP contribution in [0.4, 0.5) is 28.4 Å². The highest BCUT2D eigenvalue weighted by Crippen LogP contribution is 2.45. The van der Waals surface area contributed by atoms with Gasteiger partial charge in [-0.2, -0.15) is 0 Å². The molecule has 0 radical (unpaired) electrons. The molecule has 256 valence electrons. The summed E-state index contributed by atoms with van der Waals surface area (Å²) in [6.45, 7) is 12.9. The summed E-state index contributed by atoms with van der Waals surface area (Å²) in [5.41, 5.74) is 16.0. The molecule has 52 heavy (non-hydrogen) atoms. The van der Waals surface area contributed by atoms with Gasteiger partial charge in [0, 0.05) is 28.1 Å². The quantitative estimate of drug-likeness (QED) is 0.189. The molecule has 8 rings (SSSR count). The van der Waals surface area contributed by atoms with Crippen molar-refractivity contribution in [2.24, 2.45) is 0 Å². The smallest absolute Gasteiger partial charge is 0.0569 e. The molecule has 8 aromatic carbocycles. The zero-order valence-corrected chi connectivity index (χ0v) is 31.0. The first-order chi connectivity index (χ1) is 25.2. The van der Waals surface area contributed by atoms with E-state index in [1.165, 1.54) is 71.7 Å². The van der Waals surface area contributed by atoms with Gasteiger partial charge in [-0.05, 0) is 135 Å². The van der Waals surface area contributed by atoms with Crippen LogP contribution in [0.5, 0.6) is 0 Å². The number of nitrogens with one attached hydrogen (secondary N) is 1. The summed E-state index contributed by atoms with van der Waals surface area (Å²) in [5.74, 6) is 0. The van der Waals surface area contributed by atoms with E-state index in [0.717, 1.165) is 22.7 Å². The monoisotopic (exact) mass is 674 g/mol. The van der Waals surface area contributed by atoms with Crippen LogP contribution in [0, 0.1) is 41.5 Å². The lowest BCUT2D eigenvalue weighted by Crippen LogP contribution is -2.12. The first-order valence-corrected chi connectivity index (χ1v) is 18.1. The molecule has 0 unspecified atom stereocenters. The van der Waals surface area contributed by atoms with Gasteiger partial charge in [0.15, 0.2) is 0 Å². The fourth-order valence-electron chi connectivity index (χ4n) is 6.94. The Balaban J connectivity index is 0.000000234. The van der Waals surface area contributed by atoms with Crippen LogP contribution in [0.2, 0.25) is 0 Å². The van der Waals surface area contributed by atoms with E-state index in [4.69, 9.17) is 0 Å². The second-order valence-electron chi connectivity index (χ2n) is 14.0. The maximum absolute atomic E-state index is 3.36. The molecule has 0 saturated carbocycles. The van der Waals surface area contributed by atoms with E-state index in [1.807, 2.05) is 0 Å². The van der Waals surface area contributed by atoms with Crippen LogP contribution in [-0.4, -0.2) is 0 Å². The zero-order valence-electron chi connectivity index (χ0n) is 31.0. The summed E-state index contributed by atoms with van der Waals surface area (Å²) < 4.78 is 0. The van der Waals surface area contributed by atoms with Gasteiger partial charge >= 0.3 is 0 Å². The van der Waals surface area contributed by atoms with Crippen LogP contribution in [0.1, 0.15) is 33.4 Å². The van der Waals surface area contributed by atoms with E-state index >= 15 is 0 Å². The lowest BCUT2D eigenvalue weighted by molar-refractivity contribution is 1.25. The molecule has 0 aliphatic rings. The van der Waals surface area contributed by atoms with Crippen LogP contribution >= 0.6 is 0 Å². The number of aryl methyl sites for hydroxylation is 6. The van der Waals surface area contributed by atoms with E-state index in [0.29, 0.717) is 0 Å². The topological polar surface area (TPSA) is 15.3 Å². The molecule has 2 nitrogen and oxygen atoms in total. The van der Waals surface area contributed by atoms with Crippen molar-refractivity contribution < 1.29 is 0 Å². The number of rotatable bonds is 6. The maximum Gasteiger partial charge on any atom is 0.0569 e. The fraction of sp³-hybridized carbons (Fsp3) is 0.120. The molecule has 0 spiro atoms. The maximum atomic E-state index is 3.36. The van der Waals surface area contributed by atoms with Gasteiger partial charge in [0.25, 0.3) is 0 Å². The van der Waals surface area contributed by atoms with Gasteiger partial charge in [-0.1, -0.05) is 131 Å². The average molecular weight is 675 g/mol. The Morgan fingerprint density at radius 3 is 1.31 bits per heavy atom. The lowest BCUT2D eigenvalue weighted by atomic mass is 9.89. The number of anilines is 5. The third-order valence-corrected chi connectivity index (χ3v) is 9.70. The molecule has 0 aliphatic carbocycles. The van der Waals surface area contributed by atoms with E-state index in [1.54, 1.807) is 0 Å². The van der Waals surface area contributed by atoms with E-state index < -0.39 is 0 Å². The van der Waals surface area contributed by atoms with E-state index in [9.17, 15) is 0 Å². The number of hydrogen-bond donors (Lipinski definition) is 1. The highest BCUT2D eigenvalue weighted by molar-refractivity contribution is 6.11. The van der Waals surface area contributed by atoms with Gasteiger partial charge < -0.3 is 10.2 Å². The molecule has 0 aliphatic heterocycles. The molecule has 8 aromatic rings. The minimum absolute atomic E-state index is 1.13. The van der Waals surface area contributed by atoms with Crippen molar-refractivity contribution in [2.75, 3.05) is 10.2 Å². The average Bonchev–Trinajstić information content (AvgIpc) is 3.15. The Morgan fingerprint density at radius 2 is 0.788 bits per heavy atom. The minimum Gasteiger partial charge on any atom is -0.356 e. The molecule has 0 saturated heterocycles. The molecule has 2 heteroatoms. The lowest BCUT2D eigenvalue weighted by Gasteiger charge is -2.29. The minimum atomic E-state index is 1.13.